The zero-order valence-electron chi connectivity index (χ0n) is 11.2. The van der Waals surface area contributed by atoms with Crippen LogP contribution in [0.3, 0.4) is 0 Å². The zero-order chi connectivity index (χ0) is 13.0. The topological polar surface area (TPSA) is 18.5 Å². The fraction of sp³-hybridized carbons (Fsp3) is 0.600. The van der Waals surface area contributed by atoms with Gasteiger partial charge in [0.15, 0.2) is 0 Å². The van der Waals surface area contributed by atoms with E-state index in [-0.39, 0.29) is 0 Å². The minimum Gasteiger partial charge on any atom is -0.494 e. The number of benzene rings is 1. The lowest BCUT2D eigenvalue weighted by molar-refractivity contribution is 0.0981. The molecule has 100 valence electrons. The Morgan fingerprint density at radius 3 is 2.67 bits per heavy atom. The van der Waals surface area contributed by atoms with Gasteiger partial charge in [-0.15, -0.1) is 0 Å². The van der Waals surface area contributed by atoms with Crippen molar-refractivity contribution in [1.82, 2.24) is 0 Å². The molecule has 0 saturated carbocycles. The van der Waals surface area contributed by atoms with E-state index in [4.69, 9.17) is 9.47 Å². The molecular weight excluding hydrogens is 292 g/mol. The van der Waals surface area contributed by atoms with Crippen LogP contribution in [0.2, 0.25) is 0 Å². The highest BCUT2D eigenvalue weighted by Crippen LogP contribution is 2.26. The molecule has 0 spiro atoms. The van der Waals surface area contributed by atoms with Crippen LogP contribution < -0.4 is 4.74 Å². The van der Waals surface area contributed by atoms with Gasteiger partial charge in [-0.2, -0.15) is 0 Å². The summed E-state index contributed by atoms with van der Waals surface area (Å²) in [6.07, 6.45) is 5.10. The molecule has 2 nitrogen and oxygen atoms in total. The normalized spacial score (nSPS) is 19.2. The Labute approximate surface area is 118 Å². The summed E-state index contributed by atoms with van der Waals surface area (Å²) in [6.45, 7) is 5.91. The van der Waals surface area contributed by atoms with Crippen LogP contribution in [0.25, 0.3) is 0 Å². The molecule has 1 aromatic rings. The van der Waals surface area contributed by atoms with Crippen molar-refractivity contribution in [3.63, 3.8) is 0 Å². The van der Waals surface area contributed by atoms with Crippen molar-refractivity contribution < 1.29 is 9.47 Å². The molecule has 1 aliphatic heterocycles. The van der Waals surface area contributed by atoms with Crippen LogP contribution in [0, 0.1) is 13.8 Å². The second-order valence-electron chi connectivity index (χ2n) is 5.00. The molecule has 0 bridgehead atoms. The summed E-state index contributed by atoms with van der Waals surface area (Å²) in [5.74, 6) is 0.973. The molecule has 1 fully saturated rings. The summed E-state index contributed by atoms with van der Waals surface area (Å²) in [4.78, 5) is 0. The first-order valence-corrected chi connectivity index (χ1v) is 7.47. The Bertz CT molecular complexity index is 374. The predicted molar refractivity (Wildman–Crippen MR) is 77.3 cm³/mol. The third kappa shape index (κ3) is 3.72. The largest absolute Gasteiger partial charge is 0.494 e. The molecule has 0 aliphatic carbocycles. The Morgan fingerprint density at radius 2 is 2.06 bits per heavy atom. The van der Waals surface area contributed by atoms with E-state index < -0.39 is 0 Å². The molecule has 0 radical (unpaired) electrons. The van der Waals surface area contributed by atoms with Gasteiger partial charge in [-0.1, -0.05) is 15.9 Å². The van der Waals surface area contributed by atoms with Crippen LogP contribution in [0.1, 0.15) is 36.8 Å². The molecule has 0 amide bonds. The van der Waals surface area contributed by atoms with Gasteiger partial charge in [-0.05, 0) is 62.8 Å². The number of rotatable bonds is 5. The van der Waals surface area contributed by atoms with Crippen molar-refractivity contribution in [1.29, 1.82) is 0 Å². The Kier molecular flexibility index (Phi) is 5.07. The summed E-state index contributed by atoms with van der Waals surface area (Å²) < 4.78 is 12.6. The first kappa shape index (κ1) is 13.9. The van der Waals surface area contributed by atoms with Crippen LogP contribution >= 0.6 is 15.9 Å². The van der Waals surface area contributed by atoms with Crippen molar-refractivity contribution >= 4 is 15.9 Å². The second-order valence-corrected chi connectivity index (χ2v) is 5.79. The summed E-state index contributed by atoms with van der Waals surface area (Å²) in [5.41, 5.74) is 2.45. The van der Waals surface area contributed by atoms with Crippen molar-refractivity contribution in [2.45, 2.75) is 45.6 Å². The molecule has 2 rings (SSSR count). The molecule has 0 N–H and O–H groups in total. The first-order valence-electron chi connectivity index (χ1n) is 6.68. The lowest BCUT2D eigenvalue weighted by Crippen LogP contribution is -2.07. The Balaban J connectivity index is 1.76. The van der Waals surface area contributed by atoms with E-state index in [1.54, 1.807) is 0 Å². The van der Waals surface area contributed by atoms with Gasteiger partial charge < -0.3 is 9.47 Å². The van der Waals surface area contributed by atoms with E-state index in [1.165, 1.54) is 28.4 Å². The lowest BCUT2D eigenvalue weighted by atomic mass is 10.1. The van der Waals surface area contributed by atoms with Crippen LogP contribution in [0.15, 0.2) is 16.6 Å². The van der Waals surface area contributed by atoms with E-state index in [1.807, 2.05) is 0 Å². The minimum absolute atomic E-state index is 0.474. The Morgan fingerprint density at radius 1 is 1.33 bits per heavy atom. The standard InChI is InChI=1S/C15H21BrO2/c1-11-9-14(10-12(2)15(11)16)18-8-4-6-13-5-3-7-17-13/h9-10,13H,3-8H2,1-2H3. The van der Waals surface area contributed by atoms with Gasteiger partial charge in [-0.25, -0.2) is 0 Å². The van der Waals surface area contributed by atoms with Gasteiger partial charge in [0.05, 0.1) is 12.7 Å². The number of halogens is 1. The summed E-state index contributed by atoms with van der Waals surface area (Å²) in [6, 6.07) is 4.17. The van der Waals surface area contributed by atoms with Crippen molar-refractivity contribution in [3.8, 4) is 5.75 Å². The maximum Gasteiger partial charge on any atom is 0.119 e. The fourth-order valence-corrected chi connectivity index (χ4v) is 2.59. The SMILES string of the molecule is Cc1cc(OCCCC2CCCO2)cc(C)c1Br. The fourth-order valence-electron chi connectivity index (χ4n) is 2.36. The number of hydrogen-bond acceptors (Lipinski definition) is 2. The predicted octanol–water partition coefficient (Wildman–Crippen LogP) is 4.40. The van der Waals surface area contributed by atoms with Crippen molar-refractivity contribution in [2.75, 3.05) is 13.2 Å². The molecule has 1 heterocycles. The molecule has 1 saturated heterocycles. The molecule has 18 heavy (non-hydrogen) atoms. The highest BCUT2D eigenvalue weighted by molar-refractivity contribution is 9.10. The average molecular weight is 313 g/mol. The maximum atomic E-state index is 5.81. The van der Waals surface area contributed by atoms with E-state index in [0.717, 1.165) is 31.8 Å². The zero-order valence-corrected chi connectivity index (χ0v) is 12.8. The van der Waals surface area contributed by atoms with Gasteiger partial charge in [-0.3, -0.25) is 0 Å². The highest BCUT2D eigenvalue weighted by Gasteiger charge is 2.14. The molecule has 0 aromatic heterocycles. The van der Waals surface area contributed by atoms with Gasteiger partial charge in [0.25, 0.3) is 0 Å². The minimum atomic E-state index is 0.474. The summed E-state index contributed by atoms with van der Waals surface area (Å²) in [7, 11) is 0. The van der Waals surface area contributed by atoms with E-state index in [2.05, 4.69) is 41.9 Å². The molecule has 1 aliphatic rings. The van der Waals surface area contributed by atoms with Gasteiger partial charge in [0.1, 0.15) is 5.75 Å². The van der Waals surface area contributed by atoms with Crippen LogP contribution in [0.5, 0.6) is 5.75 Å². The highest BCUT2D eigenvalue weighted by atomic mass is 79.9. The lowest BCUT2D eigenvalue weighted by Gasteiger charge is -2.12. The van der Waals surface area contributed by atoms with Crippen molar-refractivity contribution in [2.24, 2.45) is 0 Å². The third-order valence-electron chi connectivity index (χ3n) is 3.37. The average Bonchev–Trinajstić information content (AvgIpc) is 2.84. The first-order chi connectivity index (χ1) is 8.66. The Hall–Kier alpha value is -0.540. The van der Waals surface area contributed by atoms with E-state index in [9.17, 15) is 0 Å². The molecular formula is C15H21BrO2. The monoisotopic (exact) mass is 312 g/mol. The van der Waals surface area contributed by atoms with Crippen LogP contribution in [0.4, 0.5) is 0 Å². The molecule has 1 aromatic carbocycles. The van der Waals surface area contributed by atoms with E-state index >= 15 is 0 Å². The molecule has 3 heteroatoms. The summed E-state index contributed by atoms with van der Waals surface area (Å²) >= 11 is 3.57. The molecule has 1 unspecified atom stereocenters. The maximum absolute atomic E-state index is 5.81. The van der Waals surface area contributed by atoms with Crippen molar-refractivity contribution in [3.05, 3.63) is 27.7 Å². The number of hydrogen-bond donors (Lipinski definition) is 0. The van der Waals surface area contributed by atoms with Gasteiger partial charge >= 0.3 is 0 Å². The smallest absolute Gasteiger partial charge is 0.119 e. The number of aryl methyl sites for hydroxylation is 2. The number of ether oxygens (including phenoxy) is 2. The van der Waals surface area contributed by atoms with Gasteiger partial charge in [0, 0.05) is 11.1 Å². The van der Waals surface area contributed by atoms with E-state index in [0.29, 0.717) is 6.10 Å². The second kappa shape index (κ2) is 6.58. The van der Waals surface area contributed by atoms with Crippen LogP contribution in [-0.4, -0.2) is 19.3 Å². The third-order valence-corrected chi connectivity index (χ3v) is 4.62. The summed E-state index contributed by atoms with van der Waals surface area (Å²) in [5, 5.41) is 0. The van der Waals surface area contributed by atoms with Gasteiger partial charge in [0.2, 0.25) is 0 Å². The molecule has 1 atom stereocenters. The quantitative estimate of drug-likeness (QED) is 0.750. The van der Waals surface area contributed by atoms with Crippen LogP contribution in [-0.2, 0) is 4.74 Å².